The highest BCUT2D eigenvalue weighted by Crippen LogP contribution is 2.19. The maximum absolute atomic E-state index is 12.0. The second-order valence-corrected chi connectivity index (χ2v) is 5.32. The molecule has 0 aliphatic heterocycles. The van der Waals surface area contributed by atoms with E-state index < -0.39 is 0 Å². The molecule has 5 nitrogen and oxygen atoms in total. The Morgan fingerprint density at radius 3 is 2.59 bits per heavy atom. The first-order chi connectivity index (χ1) is 7.97. The number of aliphatic hydroxyl groups is 1. The molecule has 0 aliphatic carbocycles. The third-order valence-electron chi connectivity index (χ3n) is 2.77. The van der Waals surface area contributed by atoms with Crippen LogP contribution in [0.1, 0.15) is 49.0 Å². The molecule has 0 spiro atoms. The number of amides is 1. The van der Waals surface area contributed by atoms with Gasteiger partial charge in [-0.25, -0.2) is 0 Å². The Bertz CT molecular complexity index is 379. The van der Waals surface area contributed by atoms with Crippen LogP contribution >= 0.6 is 11.5 Å². The van der Waals surface area contributed by atoms with Crippen molar-refractivity contribution < 1.29 is 9.90 Å². The number of carbonyl (C=O) groups is 1. The van der Waals surface area contributed by atoms with Crippen LogP contribution in [-0.4, -0.2) is 33.2 Å². The molecule has 1 heterocycles. The zero-order valence-corrected chi connectivity index (χ0v) is 11.4. The summed E-state index contributed by atoms with van der Waals surface area (Å²) in [4.78, 5) is 12.6. The molecule has 0 bridgehead atoms. The summed E-state index contributed by atoms with van der Waals surface area (Å²) in [7, 11) is 0. The molecular weight excluding hydrogens is 238 g/mol. The van der Waals surface area contributed by atoms with Gasteiger partial charge in [-0.1, -0.05) is 25.3 Å². The third kappa shape index (κ3) is 3.47. The first kappa shape index (κ1) is 14.1. The van der Waals surface area contributed by atoms with Gasteiger partial charge in [-0.15, -0.1) is 5.10 Å². The van der Waals surface area contributed by atoms with Crippen LogP contribution in [-0.2, 0) is 0 Å². The maximum Gasteiger partial charge on any atom is 0.265 e. The Labute approximate surface area is 105 Å². The molecule has 1 aromatic heterocycles. The van der Waals surface area contributed by atoms with Crippen LogP contribution in [0.4, 0.5) is 0 Å². The highest BCUT2D eigenvalue weighted by molar-refractivity contribution is 7.08. The van der Waals surface area contributed by atoms with Crippen LogP contribution in [0.5, 0.6) is 0 Å². The number of nitrogens with one attached hydrogen (secondary N) is 1. The smallest absolute Gasteiger partial charge is 0.265 e. The standard InChI is InChI=1S/C11H19N3O2S/c1-6(2)9-10(17-14-13-9)11(16)12-8(4)7(3)5-15/h6-8,15H,5H2,1-4H3,(H,12,16). The van der Waals surface area contributed by atoms with Crippen molar-refractivity contribution in [3.8, 4) is 0 Å². The van der Waals surface area contributed by atoms with E-state index in [1.165, 1.54) is 0 Å². The van der Waals surface area contributed by atoms with Crippen LogP contribution in [0.2, 0.25) is 0 Å². The molecule has 2 atom stereocenters. The van der Waals surface area contributed by atoms with Gasteiger partial charge in [-0.3, -0.25) is 4.79 Å². The van der Waals surface area contributed by atoms with E-state index in [4.69, 9.17) is 5.11 Å². The summed E-state index contributed by atoms with van der Waals surface area (Å²) in [5, 5.41) is 15.8. The van der Waals surface area contributed by atoms with Gasteiger partial charge in [0.25, 0.3) is 5.91 Å². The fourth-order valence-electron chi connectivity index (χ4n) is 1.31. The fraction of sp³-hybridized carbons (Fsp3) is 0.727. The molecular formula is C11H19N3O2S. The van der Waals surface area contributed by atoms with Crippen LogP contribution in [0.3, 0.4) is 0 Å². The van der Waals surface area contributed by atoms with Gasteiger partial charge in [-0.05, 0) is 30.3 Å². The van der Waals surface area contributed by atoms with Gasteiger partial charge in [0.15, 0.2) is 0 Å². The first-order valence-electron chi connectivity index (χ1n) is 5.71. The molecule has 2 N–H and O–H groups in total. The monoisotopic (exact) mass is 257 g/mol. The largest absolute Gasteiger partial charge is 0.396 e. The maximum atomic E-state index is 12.0. The minimum Gasteiger partial charge on any atom is -0.396 e. The molecule has 6 heteroatoms. The van der Waals surface area contributed by atoms with Gasteiger partial charge in [0.05, 0.1) is 5.69 Å². The fourth-order valence-corrected chi connectivity index (χ4v) is 2.03. The average Bonchev–Trinajstić information content (AvgIpc) is 2.76. The lowest BCUT2D eigenvalue weighted by Crippen LogP contribution is -2.38. The Morgan fingerprint density at radius 2 is 2.06 bits per heavy atom. The summed E-state index contributed by atoms with van der Waals surface area (Å²) in [6.07, 6.45) is 0. The second-order valence-electron chi connectivity index (χ2n) is 4.56. The van der Waals surface area contributed by atoms with E-state index in [1.54, 1.807) is 0 Å². The van der Waals surface area contributed by atoms with Crippen molar-refractivity contribution in [3.05, 3.63) is 10.6 Å². The topological polar surface area (TPSA) is 75.1 Å². The predicted molar refractivity (Wildman–Crippen MR) is 67.2 cm³/mol. The van der Waals surface area contributed by atoms with Crippen molar-refractivity contribution >= 4 is 17.4 Å². The first-order valence-corrected chi connectivity index (χ1v) is 6.48. The normalized spacial score (nSPS) is 14.7. The van der Waals surface area contributed by atoms with Crippen LogP contribution in [0.15, 0.2) is 0 Å². The van der Waals surface area contributed by atoms with E-state index in [1.807, 2.05) is 27.7 Å². The van der Waals surface area contributed by atoms with Crippen LogP contribution in [0, 0.1) is 5.92 Å². The van der Waals surface area contributed by atoms with Crippen LogP contribution < -0.4 is 5.32 Å². The van der Waals surface area contributed by atoms with Crippen molar-refractivity contribution in [1.29, 1.82) is 0 Å². The Morgan fingerprint density at radius 1 is 1.41 bits per heavy atom. The van der Waals surface area contributed by atoms with Gasteiger partial charge < -0.3 is 10.4 Å². The minimum atomic E-state index is -0.156. The number of hydrogen-bond donors (Lipinski definition) is 2. The van der Waals surface area contributed by atoms with E-state index >= 15 is 0 Å². The highest BCUT2D eigenvalue weighted by Gasteiger charge is 2.21. The lowest BCUT2D eigenvalue weighted by molar-refractivity contribution is 0.0919. The van der Waals surface area contributed by atoms with E-state index in [0.717, 1.165) is 17.2 Å². The van der Waals surface area contributed by atoms with Gasteiger partial charge >= 0.3 is 0 Å². The van der Waals surface area contributed by atoms with Gasteiger partial charge in [-0.2, -0.15) is 0 Å². The molecule has 2 unspecified atom stereocenters. The second kappa shape index (κ2) is 6.07. The van der Waals surface area contributed by atoms with Crippen molar-refractivity contribution in [2.75, 3.05) is 6.61 Å². The van der Waals surface area contributed by atoms with E-state index in [0.29, 0.717) is 4.88 Å². The molecule has 0 saturated heterocycles. The van der Waals surface area contributed by atoms with Crippen molar-refractivity contribution in [2.45, 2.75) is 39.7 Å². The van der Waals surface area contributed by atoms with Gasteiger partial charge in [0.1, 0.15) is 4.88 Å². The Hall–Kier alpha value is -1.01. The predicted octanol–water partition coefficient (Wildman–Crippen LogP) is 1.41. The number of hydrogen-bond acceptors (Lipinski definition) is 5. The number of aliphatic hydroxyl groups excluding tert-OH is 1. The molecule has 0 fully saturated rings. The number of carbonyl (C=O) groups excluding carboxylic acids is 1. The summed E-state index contributed by atoms with van der Waals surface area (Å²) in [5.74, 6) is 0.0545. The lowest BCUT2D eigenvalue weighted by atomic mass is 10.0. The molecule has 0 saturated carbocycles. The number of aromatic nitrogens is 2. The van der Waals surface area contributed by atoms with Crippen LogP contribution in [0.25, 0.3) is 0 Å². The average molecular weight is 257 g/mol. The summed E-state index contributed by atoms with van der Waals surface area (Å²) >= 11 is 1.11. The summed E-state index contributed by atoms with van der Waals surface area (Å²) in [6, 6.07) is -0.0744. The third-order valence-corrected chi connectivity index (χ3v) is 3.51. The molecule has 0 aromatic carbocycles. The van der Waals surface area contributed by atoms with E-state index in [9.17, 15) is 4.79 Å². The van der Waals surface area contributed by atoms with Gasteiger partial charge in [0.2, 0.25) is 0 Å². The minimum absolute atomic E-state index is 0.0299. The summed E-state index contributed by atoms with van der Waals surface area (Å²) in [6.45, 7) is 7.78. The summed E-state index contributed by atoms with van der Waals surface area (Å²) in [5.41, 5.74) is 0.733. The molecule has 1 amide bonds. The number of rotatable bonds is 5. The summed E-state index contributed by atoms with van der Waals surface area (Å²) < 4.78 is 3.82. The molecule has 1 aromatic rings. The molecule has 17 heavy (non-hydrogen) atoms. The molecule has 96 valence electrons. The molecule has 0 aliphatic rings. The van der Waals surface area contributed by atoms with Crippen molar-refractivity contribution in [2.24, 2.45) is 5.92 Å². The van der Waals surface area contributed by atoms with Crippen molar-refractivity contribution in [3.63, 3.8) is 0 Å². The molecule has 1 rings (SSSR count). The molecule has 0 radical (unpaired) electrons. The SMILES string of the molecule is CC(C)c1nnsc1C(=O)NC(C)C(C)CO. The number of nitrogens with zero attached hydrogens (tertiary/aromatic N) is 2. The zero-order valence-electron chi connectivity index (χ0n) is 10.6. The quantitative estimate of drug-likeness (QED) is 0.836. The van der Waals surface area contributed by atoms with Crippen molar-refractivity contribution in [1.82, 2.24) is 14.9 Å². The lowest BCUT2D eigenvalue weighted by Gasteiger charge is -2.19. The highest BCUT2D eigenvalue weighted by atomic mass is 32.1. The van der Waals surface area contributed by atoms with E-state index in [2.05, 4.69) is 14.9 Å². The van der Waals surface area contributed by atoms with E-state index in [-0.39, 0.29) is 30.4 Å². The van der Waals surface area contributed by atoms with Gasteiger partial charge in [0, 0.05) is 12.6 Å². The Kier molecular flexibility index (Phi) is 5.02. The Balaban J connectivity index is 2.73. The zero-order chi connectivity index (χ0) is 13.0.